The zero-order valence-electron chi connectivity index (χ0n) is 25.7. The molecule has 0 N–H and O–H groups in total. The summed E-state index contributed by atoms with van der Waals surface area (Å²) < 4.78 is 172. The summed E-state index contributed by atoms with van der Waals surface area (Å²) in [6.45, 7) is 11.5. The lowest BCUT2D eigenvalue weighted by Gasteiger charge is -2.23. The molecule has 0 saturated heterocycles. The highest BCUT2D eigenvalue weighted by molar-refractivity contribution is 5.49. The highest BCUT2D eigenvalue weighted by Gasteiger charge is 2.95. The van der Waals surface area contributed by atoms with E-state index in [9.17, 15) is 52.7 Å². The molecule has 2 atom stereocenters. The van der Waals surface area contributed by atoms with E-state index >= 15 is 0 Å². The normalized spacial score (nSPS) is 20.6. The van der Waals surface area contributed by atoms with Gasteiger partial charge in [-0.3, -0.25) is 0 Å². The van der Waals surface area contributed by atoms with Gasteiger partial charge in [-0.25, -0.2) is 35.1 Å². The molecular weight excluding hydrogens is 640 g/mol. The molecule has 1 saturated carbocycles. The quantitative estimate of drug-likeness (QED) is 0.194. The smallest absolute Gasteiger partial charge is 0.325 e. The van der Waals surface area contributed by atoms with Gasteiger partial charge in [0.1, 0.15) is 6.61 Å². The van der Waals surface area contributed by atoms with Crippen LogP contribution in [0.4, 0.5) is 52.7 Å². The van der Waals surface area contributed by atoms with Gasteiger partial charge in [-0.1, -0.05) is 78.5 Å². The minimum Gasteiger partial charge on any atom is -0.483 e. The van der Waals surface area contributed by atoms with Crippen LogP contribution in [-0.4, -0.2) is 11.6 Å². The number of ether oxygens (including phenoxy) is 1. The third-order valence-electron chi connectivity index (χ3n) is 7.54. The first-order valence-electron chi connectivity index (χ1n) is 13.6. The Morgan fingerprint density at radius 1 is 0.630 bits per heavy atom. The van der Waals surface area contributed by atoms with E-state index in [4.69, 9.17) is 4.74 Å². The zero-order chi connectivity index (χ0) is 35.5. The molecule has 3 aromatic carbocycles. The lowest BCUT2D eigenvalue weighted by Crippen LogP contribution is -2.24. The van der Waals surface area contributed by atoms with Gasteiger partial charge in [-0.15, -0.1) is 0 Å². The predicted octanol–water partition coefficient (Wildman–Crippen LogP) is 10.8. The summed E-state index contributed by atoms with van der Waals surface area (Å²) in [6, 6.07) is 6.82. The van der Waals surface area contributed by atoms with Gasteiger partial charge in [0, 0.05) is 11.1 Å². The van der Waals surface area contributed by atoms with Crippen molar-refractivity contribution in [1.82, 2.24) is 0 Å². The lowest BCUT2D eigenvalue weighted by atomic mass is 9.84. The first kappa shape index (κ1) is 36.8. The molecule has 4 rings (SSSR count). The molecule has 2 unspecified atom stereocenters. The van der Waals surface area contributed by atoms with Gasteiger partial charge in [-0.2, -0.15) is 17.6 Å². The molecule has 1 aliphatic carbocycles. The van der Waals surface area contributed by atoms with Crippen molar-refractivity contribution in [3.8, 4) is 5.75 Å². The molecule has 0 aromatic heterocycles. The zero-order valence-corrected chi connectivity index (χ0v) is 25.7. The number of alkyl halides is 4. The second-order valence-electron chi connectivity index (χ2n) is 12.9. The first-order chi connectivity index (χ1) is 20.8. The van der Waals surface area contributed by atoms with Crippen LogP contribution < -0.4 is 4.74 Å². The maximum Gasteiger partial charge on any atom is 0.325 e. The van der Waals surface area contributed by atoms with Gasteiger partial charge in [0.15, 0.2) is 40.7 Å². The molecule has 0 heterocycles. The maximum absolute atomic E-state index is 14.2. The molecule has 252 valence electrons. The molecule has 13 heteroatoms. The number of halogens is 12. The second kappa shape index (κ2) is 11.9. The van der Waals surface area contributed by atoms with E-state index in [2.05, 4.69) is 6.58 Å². The highest BCUT2D eigenvalue weighted by Crippen LogP contribution is 2.73. The average molecular weight is 671 g/mol. The maximum atomic E-state index is 14.2. The van der Waals surface area contributed by atoms with Crippen molar-refractivity contribution in [2.75, 3.05) is 0 Å². The summed E-state index contributed by atoms with van der Waals surface area (Å²) in [7, 11) is 0. The van der Waals surface area contributed by atoms with Crippen LogP contribution >= 0.6 is 0 Å². The molecule has 46 heavy (non-hydrogen) atoms. The van der Waals surface area contributed by atoms with Crippen LogP contribution in [0.5, 0.6) is 5.75 Å². The van der Waals surface area contributed by atoms with Crippen molar-refractivity contribution in [3.05, 3.63) is 105 Å². The monoisotopic (exact) mass is 670 g/mol. The van der Waals surface area contributed by atoms with Gasteiger partial charge in [0.05, 0.1) is 5.56 Å². The van der Waals surface area contributed by atoms with Crippen molar-refractivity contribution in [1.29, 1.82) is 0 Å². The summed E-state index contributed by atoms with van der Waals surface area (Å²) in [4.78, 5) is 0. The van der Waals surface area contributed by atoms with E-state index < -0.39 is 97.1 Å². The van der Waals surface area contributed by atoms with Crippen molar-refractivity contribution < 1.29 is 57.4 Å². The summed E-state index contributed by atoms with van der Waals surface area (Å²) in [6.07, 6.45) is 1.64. The van der Waals surface area contributed by atoms with Gasteiger partial charge >= 0.3 is 5.92 Å². The SMILES string of the molecule is C=Cc1ccc(COc2c(F)c(F)c(C(C)(C)C)c(F)c2F)cc1.CC(C)(C)c1c(F)c(F)c(C2(F)C(C)(F)C2(F)F)c(F)c1F. The largest absolute Gasteiger partial charge is 0.483 e. The number of benzene rings is 3. The fourth-order valence-corrected chi connectivity index (χ4v) is 4.84. The Morgan fingerprint density at radius 2 is 0.978 bits per heavy atom. The minimum atomic E-state index is -4.80. The number of hydrogen-bond donors (Lipinski definition) is 0. The van der Waals surface area contributed by atoms with Crippen molar-refractivity contribution in [3.63, 3.8) is 0 Å². The molecule has 0 bridgehead atoms. The van der Waals surface area contributed by atoms with Crippen LogP contribution in [0.25, 0.3) is 6.08 Å². The predicted molar refractivity (Wildman–Crippen MR) is 148 cm³/mol. The lowest BCUT2D eigenvalue weighted by molar-refractivity contribution is 0.0246. The van der Waals surface area contributed by atoms with E-state index in [1.807, 2.05) is 0 Å². The van der Waals surface area contributed by atoms with E-state index in [-0.39, 0.29) is 13.5 Å². The van der Waals surface area contributed by atoms with Crippen LogP contribution in [0.1, 0.15) is 76.3 Å². The number of rotatable bonds is 5. The Morgan fingerprint density at radius 3 is 1.28 bits per heavy atom. The highest BCUT2D eigenvalue weighted by atomic mass is 19.3. The van der Waals surface area contributed by atoms with Crippen molar-refractivity contribution in [2.24, 2.45) is 0 Å². The molecule has 0 spiro atoms. The summed E-state index contributed by atoms with van der Waals surface area (Å²) >= 11 is 0. The Balaban J connectivity index is 0.000000251. The Labute approximate surface area is 257 Å². The van der Waals surface area contributed by atoms with E-state index in [0.717, 1.165) is 5.56 Å². The Kier molecular flexibility index (Phi) is 9.50. The van der Waals surface area contributed by atoms with Crippen LogP contribution in [-0.2, 0) is 23.1 Å². The average Bonchev–Trinajstić information content (AvgIpc) is 3.25. The molecule has 3 aromatic rings. The summed E-state index contributed by atoms with van der Waals surface area (Å²) in [5.74, 6) is -20.5. The van der Waals surface area contributed by atoms with Crippen molar-refractivity contribution >= 4 is 6.08 Å². The standard InChI is InChI=1S/C19H18F4O.C14H12F8/c1-5-11-6-8-12(9-7-11)10-24-18-16(22)14(20)13(19(2,3)4)15(21)17(18)23;1-11(2,3)5-7(15)9(17)6(10(18)8(5)16)13(20)12(4,19)14(13,21)22/h5-9H,1,10H2,2-4H3;1-4H3. The Bertz CT molecular complexity index is 1590. The van der Waals surface area contributed by atoms with Gasteiger partial charge in [0.2, 0.25) is 23.0 Å². The third-order valence-corrected chi connectivity index (χ3v) is 7.54. The third kappa shape index (κ3) is 5.74. The van der Waals surface area contributed by atoms with Crippen LogP contribution in [0.3, 0.4) is 0 Å². The fraction of sp³-hybridized carbons (Fsp3) is 0.394. The van der Waals surface area contributed by atoms with Crippen LogP contribution in [0.2, 0.25) is 0 Å². The topological polar surface area (TPSA) is 9.23 Å². The van der Waals surface area contributed by atoms with Crippen molar-refractivity contribution in [2.45, 2.75) is 83.2 Å². The van der Waals surface area contributed by atoms with Gasteiger partial charge in [-0.05, 0) is 28.9 Å². The first-order valence-corrected chi connectivity index (χ1v) is 13.6. The molecule has 1 nitrogen and oxygen atoms in total. The molecule has 1 aliphatic rings. The molecule has 0 radical (unpaired) electrons. The summed E-state index contributed by atoms with van der Waals surface area (Å²) in [5, 5.41) is 0. The molecule has 0 amide bonds. The molecular formula is C33H30F12O. The molecule has 1 fully saturated rings. The van der Waals surface area contributed by atoms with E-state index in [1.54, 1.807) is 30.3 Å². The molecule has 0 aliphatic heterocycles. The number of hydrogen-bond acceptors (Lipinski definition) is 1. The Hall–Kier alpha value is -3.64. The van der Waals surface area contributed by atoms with Crippen LogP contribution in [0, 0.1) is 46.5 Å². The van der Waals surface area contributed by atoms with E-state index in [1.165, 1.54) is 41.5 Å². The van der Waals surface area contributed by atoms with E-state index in [0.29, 0.717) is 5.56 Å². The summed E-state index contributed by atoms with van der Waals surface area (Å²) in [5.41, 5.74) is -13.5. The minimum absolute atomic E-state index is 0.0688. The van der Waals surface area contributed by atoms with Gasteiger partial charge < -0.3 is 4.74 Å². The second-order valence-corrected chi connectivity index (χ2v) is 12.9. The fourth-order valence-electron chi connectivity index (χ4n) is 4.84. The van der Waals surface area contributed by atoms with Gasteiger partial charge in [0.25, 0.3) is 0 Å². The van der Waals surface area contributed by atoms with Crippen LogP contribution in [0.15, 0.2) is 30.8 Å².